The zero-order valence-electron chi connectivity index (χ0n) is 16.7. The average Bonchev–Trinajstić information content (AvgIpc) is 3.52. The van der Waals surface area contributed by atoms with E-state index >= 15 is 0 Å². The molecule has 1 aliphatic heterocycles. The van der Waals surface area contributed by atoms with Crippen LogP contribution in [-0.4, -0.2) is 38.2 Å². The standard InChI is InChI=1S/C23H22N6S/c1-14(16-5-8-24-9-6-16)3-4-19-15(2)21(29-28-19)23-26-20-12-25-11-18(22(20)27-23)17-7-10-30-13-17/h3-5,7,10-13,24,28H,2,6,8-9H2,1H3,(H,26,27)/b14-3+,19-4+. The van der Waals surface area contributed by atoms with Crippen LogP contribution in [0.3, 0.4) is 0 Å². The van der Waals surface area contributed by atoms with Crippen molar-refractivity contribution < 1.29 is 0 Å². The summed E-state index contributed by atoms with van der Waals surface area (Å²) in [5.41, 5.74) is 7.28. The predicted molar refractivity (Wildman–Crippen MR) is 123 cm³/mol. The minimum Gasteiger partial charge on any atom is -0.335 e. The number of aromatic nitrogens is 5. The van der Waals surface area contributed by atoms with Gasteiger partial charge >= 0.3 is 0 Å². The van der Waals surface area contributed by atoms with Crippen molar-refractivity contribution in [1.29, 1.82) is 0 Å². The highest BCUT2D eigenvalue weighted by molar-refractivity contribution is 7.08. The number of aromatic amines is 2. The third-order valence-electron chi connectivity index (χ3n) is 5.42. The van der Waals surface area contributed by atoms with Crippen molar-refractivity contribution in [3.05, 3.63) is 63.1 Å². The molecule has 5 heterocycles. The maximum Gasteiger partial charge on any atom is 0.159 e. The minimum atomic E-state index is 0.692. The monoisotopic (exact) mass is 414 g/mol. The first-order valence-corrected chi connectivity index (χ1v) is 10.8. The summed E-state index contributed by atoms with van der Waals surface area (Å²) in [7, 11) is 0. The molecule has 0 aromatic carbocycles. The van der Waals surface area contributed by atoms with Gasteiger partial charge in [0.15, 0.2) is 5.82 Å². The van der Waals surface area contributed by atoms with Crippen LogP contribution in [0.1, 0.15) is 13.3 Å². The lowest BCUT2D eigenvalue weighted by atomic mass is 10.0. The number of hydrogen-bond acceptors (Lipinski definition) is 5. The van der Waals surface area contributed by atoms with Gasteiger partial charge in [0.25, 0.3) is 0 Å². The lowest BCUT2D eigenvalue weighted by Gasteiger charge is -2.13. The first kappa shape index (κ1) is 18.7. The number of nitrogens with one attached hydrogen (secondary N) is 3. The zero-order valence-corrected chi connectivity index (χ0v) is 17.5. The SMILES string of the molecule is C=c1c(-c2nc3c(-c4ccsc4)cncc3[nH]2)n[nH]/c1=C/C=C(\C)C1=CCNCC1. The normalized spacial score (nSPS) is 15.7. The second-order valence-electron chi connectivity index (χ2n) is 7.34. The van der Waals surface area contributed by atoms with Gasteiger partial charge in [0.1, 0.15) is 11.2 Å². The highest BCUT2D eigenvalue weighted by atomic mass is 32.1. The number of H-pyrrole nitrogens is 2. The van der Waals surface area contributed by atoms with E-state index in [-0.39, 0.29) is 0 Å². The smallest absolute Gasteiger partial charge is 0.159 e. The van der Waals surface area contributed by atoms with Gasteiger partial charge in [0.2, 0.25) is 0 Å². The molecule has 5 rings (SSSR count). The Kier molecular flexibility index (Phi) is 4.90. The van der Waals surface area contributed by atoms with Crippen LogP contribution in [-0.2, 0) is 0 Å². The van der Waals surface area contributed by atoms with Crippen molar-refractivity contribution in [3.8, 4) is 22.6 Å². The fourth-order valence-electron chi connectivity index (χ4n) is 3.68. The quantitative estimate of drug-likeness (QED) is 0.479. The van der Waals surface area contributed by atoms with Gasteiger partial charge in [-0.2, -0.15) is 16.4 Å². The van der Waals surface area contributed by atoms with Gasteiger partial charge in [-0.15, -0.1) is 0 Å². The molecular formula is C23H22N6S. The van der Waals surface area contributed by atoms with E-state index in [2.05, 4.69) is 68.0 Å². The van der Waals surface area contributed by atoms with E-state index in [1.165, 1.54) is 11.1 Å². The van der Waals surface area contributed by atoms with E-state index < -0.39 is 0 Å². The Bertz CT molecular complexity index is 1370. The van der Waals surface area contributed by atoms with Crippen molar-refractivity contribution in [3.63, 3.8) is 0 Å². The second kappa shape index (κ2) is 7.85. The summed E-state index contributed by atoms with van der Waals surface area (Å²) in [6.45, 7) is 8.34. The summed E-state index contributed by atoms with van der Waals surface area (Å²) < 4.78 is 0. The predicted octanol–water partition coefficient (Wildman–Crippen LogP) is 3.13. The number of nitrogens with zero attached hydrogens (tertiary/aromatic N) is 3. The molecule has 0 aliphatic carbocycles. The molecule has 1 aliphatic rings. The van der Waals surface area contributed by atoms with E-state index in [1.807, 2.05) is 12.3 Å². The Labute approximate surface area is 177 Å². The third-order valence-corrected chi connectivity index (χ3v) is 6.10. The van der Waals surface area contributed by atoms with Gasteiger partial charge in [-0.25, -0.2) is 4.98 Å². The number of fused-ring (bicyclic) bond motifs is 1. The van der Waals surface area contributed by atoms with Gasteiger partial charge in [-0.1, -0.05) is 18.7 Å². The molecule has 4 aromatic heterocycles. The second-order valence-corrected chi connectivity index (χ2v) is 8.12. The molecule has 150 valence electrons. The molecule has 0 atom stereocenters. The van der Waals surface area contributed by atoms with E-state index in [0.29, 0.717) is 5.82 Å². The third kappa shape index (κ3) is 3.42. The number of rotatable bonds is 4. The molecule has 4 aromatic rings. The van der Waals surface area contributed by atoms with Gasteiger partial charge in [-0.3, -0.25) is 10.1 Å². The van der Waals surface area contributed by atoms with Crippen LogP contribution in [0.5, 0.6) is 0 Å². The van der Waals surface area contributed by atoms with E-state index in [4.69, 9.17) is 4.98 Å². The summed E-state index contributed by atoms with van der Waals surface area (Å²) in [5, 5.41) is 16.8. The Morgan fingerprint density at radius 2 is 2.23 bits per heavy atom. The van der Waals surface area contributed by atoms with Crippen LogP contribution in [0.25, 0.3) is 46.3 Å². The largest absolute Gasteiger partial charge is 0.335 e. The first-order chi connectivity index (χ1) is 14.7. The van der Waals surface area contributed by atoms with Crippen LogP contribution in [0.15, 0.2) is 52.5 Å². The van der Waals surface area contributed by atoms with Gasteiger partial charge in [-0.05, 0) is 59.5 Å². The molecule has 6 nitrogen and oxygen atoms in total. The Morgan fingerprint density at radius 1 is 1.30 bits per heavy atom. The van der Waals surface area contributed by atoms with Gasteiger partial charge < -0.3 is 10.3 Å². The van der Waals surface area contributed by atoms with Crippen molar-refractivity contribution in [2.45, 2.75) is 13.3 Å². The van der Waals surface area contributed by atoms with E-state index in [0.717, 1.165) is 57.9 Å². The molecule has 0 radical (unpaired) electrons. The molecule has 3 N–H and O–H groups in total. The molecule has 0 bridgehead atoms. The molecule has 0 saturated carbocycles. The first-order valence-electron chi connectivity index (χ1n) is 9.89. The van der Waals surface area contributed by atoms with Crippen LogP contribution >= 0.6 is 11.3 Å². The molecule has 0 unspecified atom stereocenters. The van der Waals surface area contributed by atoms with Crippen LogP contribution in [0.2, 0.25) is 0 Å². The molecule has 30 heavy (non-hydrogen) atoms. The topological polar surface area (TPSA) is 82.3 Å². The minimum absolute atomic E-state index is 0.692. The molecular weight excluding hydrogens is 392 g/mol. The summed E-state index contributed by atoms with van der Waals surface area (Å²) in [6.07, 6.45) is 11.1. The van der Waals surface area contributed by atoms with Gasteiger partial charge in [0.05, 0.1) is 17.1 Å². The van der Waals surface area contributed by atoms with Crippen LogP contribution in [0, 0.1) is 0 Å². The number of thiophene rings is 1. The molecule has 0 amide bonds. The lowest BCUT2D eigenvalue weighted by molar-refractivity contribution is 0.707. The summed E-state index contributed by atoms with van der Waals surface area (Å²) in [4.78, 5) is 12.5. The van der Waals surface area contributed by atoms with Crippen molar-refractivity contribution in [2.75, 3.05) is 13.1 Å². The number of imidazole rings is 1. The number of allylic oxidation sites excluding steroid dienone is 2. The fourth-order valence-corrected chi connectivity index (χ4v) is 4.34. The highest BCUT2D eigenvalue weighted by Gasteiger charge is 2.13. The summed E-state index contributed by atoms with van der Waals surface area (Å²) >= 11 is 1.66. The Balaban J connectivity index is 1.53. The maximum absolute atomic E-state index is 4.82. The van der Waals surface area contributed by atoms with E-state index in [9.17, 15) is 0 Å². The maximum atomic E-state index is 4.82. The lowest BCUT2D eigenvalue weighted by Crippen LogP contribution is -2.22. The molecule has 0 fully saturated rings. The van der Waals surface area contributed by atoms with E-state index in [1.54, 1.807) is 17.5 Å². The molecule has 0 spiro atoms. The van der Waals surface area contributed by atoms with Crippen molar-refractivity contribution in [2.24, 2.45) is 0 Å². The number of pyridine rings is 1. The molecule has 0 saturated heterocycles. The van der Waals surface area contributed by atoms with Crippen molar-refractivity contribution in [1.82, 2.24) is 30.5 Å². The number of hydrogen-bond donors (Lipinski definition) is 3. The van der Waals surface area contributed by atoms with Crippen molar-refractivity contribution >= 4 is 35.0 Å². The Hall–Kier alpha value is -3.29. The average molecular weight is 415 g/mol. The Morgan fingerprint density at radius 3 is 3.03 bits per heavy atom. The fraction of sp³-hybridized carbons (Fsp3) is 0.174. The summed E-state index contributed by atoms with van der Waals surface area (Å²) in [5.74, 6) is 0.692. The summed E-state index contributed by atoms with van der Waals surface area (Å²) in [6, 6.07) is 2.08. The zero-order chi connectivity index (χ0) is 20.5. The van der Waals surface area contributed by atoms with Gasteiger partial charge in [0, 0.05) is 23.5 Å². The van der Waals surface area contributed by atoms with Crippen LogP contribution < -0.4 is 15.9 Å². The molecule has 7 heteroatoms. The highest BCUT2D eigenvalue weighted by Crippen LogP contribution is 2.29. The van der Waals surface area contributed by atoms with Crippen LogP contribution in [0.4, 0.5) is 0 Å².